The van der Waals surface area contributed by atoms with Gasteiger partial charge in [0.25, 0.3) is 0 Å². The molecule has 1 aromatic heterocycles. The van der Waals surface area contributed by atoms with Crippen LogP contribution in [-0.4, -0.2) is 42.3 Å². The standard InChI is InChI=1S/C31H46N2O4/c1-3-4-5-6-7-8-9-10-11-12-13-14-15-16-17-22-30(34)36-26-37-31(35)33(2)24-23-27-25-32-29-21-19-18-20-28(27)29/h7-8,10-11,18-21,25,32H,3-6,9,12-17,22-24,26H2,1-2H3/b8-7-,11-10-. The van der Waals surface area contributed by atoms with E-state index in [4.69, 9.17) is 9.47 Å². The molecule has 0 aliphatic rings. The highest BCUT2D eigenvalue weighted by Crippen LogP contribution is 2.18. The maximum Gasteiger partial charge on any atom is 0.412 e. The topological polar surface area (TPSA) is 71.6 Å². The van der Waals surface area contributed by atoms with Crippen LogP contribution < -0.4 is 0 Å². The van der Waals surface area contributed by atoms with Crippen LogP contribution in [0.2, 0.25) is 0 Å². The van der Waals surface area contributed by atoms with Crippen LogP contribution in [0.25, 0.3) is 10.9 Å². The van der Waals surface area contributed by atoms with Gasteiger partial charge < -0.3 is 19.4 Å². The molecular formula is C31H46N2O4. The lowest BCUT2D eigenvalue weighted by molar-refractivity contribution is -0.152. The van der Waals surface area contributed by atoms with Crippen molar-refractivity contribution in [3.63, 3.8) is 0 Å². The number of likely N-dealkylation sites (N-methyl/N-ethyl adjacent to an activating group) is 1. The van der Waals surface area contributed by atoms with Crippen LogP contribution in [0.4, 0.5) is 4.79 Å². The number of H-pyrrole nitrogens is 1. The Balaban J connectivity index is 1.42. The summed E-state index contributed by atoms with van der Waals surface area (Å²) < 4.78 is 10.1. The molecule has 0 bridgehead atoms. The van der Waals surface area contributed by atoms with Gasteiger partial charge in [-0.05, 0) is 56.6 Å². The monoisotopic (exact) mass is 510 g/mol. The summed E-state index contributed by atoms with van der Waals surface area (Å²) in [6, 6.07) is 8.08. The van der Waals surface area contributed by atoms with Gasteiger partial charge in [-0.1, -0.05) is 81.5 Å². The van der Waals surface area contributed by atoms with Crippen molar-refractivity contribution >= 4 is 23.0 Å². The number of rotatable bonds is 19. The predicted octanol–water partition coefficient (Wildman–Crippen LogP) is 8.09. The smallest absolute Gasteiger partial charge is 0.412 e. The van der Waals surface area contributed by atoms with E-state index in [2.05, 4.69) is 42.3 Å². The highest BCUT2D eigenvalue weighted by atomic mass is 16.7. The Morgan fingerprint density at radius 3 is 2.38 bits per heavy atom. The summed E-state index contributed by atoms with van der Waals surface area (Å²) in [5.41, 5.74) is 2.23. The Kier molecular flexibility index (Phi) is 15.6. The molecule has 0 radical (unpaired) electrons. The summed E-state index contributed by atoms with van der Waals surface area (Å²) in [6.07, 6.45) is 24.2. The van der Waals surface area contributed by atoms with Gasteiger partial charge in [-0.15, -0.1) is 0 Å². The van der Waals surface area contributed by atoms with Gasteiger partial charge in [0.1, 0.15) is 0 Å². The molecule has 0 fully saturated rings. The van der Waals surface area contributed by atoms with Gasteiger partial charge in [-0.2, -0.15) is 0 Å². The first kappa shape index (κ1) is 30.2. The molecule has 0 saturated carbocycles. The number of aromatic amines is 1. The molecule has 0 atom stereocenters. The van der Waals surface area contributed by atoms with Crippen molar-refractivity contribution in [2.45, 2.75) is 90.4 Å². The van der Waals surface area contributed by atoms with E-state index in [1.807, 2.05) is 24.4 Å². The number of hydrogen-bond acceptors (Lipinski definition) is 4. The Bertz CT molecular complexity index is 963. The maximum absolute atomic E-state index is 12.2. The molecule has 1 amide bonds. The average molecular weight is 511 g/mol. The minimum atomic E-state index is -0.496. The number of amides is 1. The Hall–Kier alpha value is -3.02. The quantitative estimate of drug-likeness (QED) is 0.0897. The van der Waals surface area contributed by atoms with Crippen molar-refractivity contribution in [1.82, 2.24) is 9.88 Å². The minimum absolute atomic E-state index is 0.320. The molecule has 6 nitrogen and oxygen atoms in total. The molecule has 0 unspecified atom stereocenters. The predicted molar refractivity (Wildman–Crippen MR) is 151 cm³/mol. The molecule has 0 spiro atoms. The number of carbonyl (C=O) groups excluding carboxylic acids is 2. The van der Waals surface area contributed by atoms with Crippen LogP contribution in [-0.2, 0) is 20.7 Å². The van der Waals surface area contributed by atoms with E-state index in [0.717, 1.165) is 48.6 Å². The molecule has 6 heteroatoms. The SMILES string of the molecule is CCCCC/C=C\C/C=C\CCCCCCCC(=O)OCOC(=O)N(C)CCc1c[nH]c2ccccc12. The Morgan fingerprint density at radius 2 is 1.59 bits per heavy atom. The summed E-state index contributed by atoms with van der Waals surface area (Å²) in [6.45, 7) is 2.41. The van der Waals surface area contributed by atoms with Crippen molar-refractivity contribution in [2.75, 3.05) is 20.4 Å². The van der Waals surface area contributed by atoms with Gasteiger partial charge in [0.2, 0.25) is 6.79 Å². The number of nitrogens with zero attached hydrogens (tertiary/aromatic N) is 1. The third-order valence-electron chi connectivity index (χ3n) is 6.44. The lowest BCUT2D eigenvalue weighted by atomic mass is 10.1. The molecule has 2 aromatic rings. The molecule has 1 heterocycles. The molecule has 0 saturated heterocycles. The van der Waals surface area contributed by atoms with Crippen LogP contribution in [0.1, 0.15) is 89.5 Å². The van der Waals surface area contributed by atoms with Crippen molar-refractivity contribution in [1.29, 1.82) is 0 Å². The lowest BCUT2D eigenvalue weighted by Crippen LogP contribution is -2.30. The average Bonchev–Trinajstić information content (AvgIpc) is 3.32. The number of unbranched alkanes of at least 4 members (excludes halogenated alkanes) is 8. The largest absolute Gasteiger partial charge is 0.428 e. The molecule has 2 rings (SSSR count). The lowest BCUT2D eigenvalue weighted by Gasteiger charge is -2.16. The molecule has 0 aliphatic heterocycles. The number of ether oxygens (including phenoxy) is 2. The Morgan fingerprint density at radius 1 is 0.892 bits per heavy atom. The highest BCUT2D eigenvalue weighted by Gasteiger charge is 2.12. The Labute approximate surface area is 223 Å². The minimum Gasteiger partial charge on any atom is -0.428 e. The first-order chi connectivity index (χ1) is 18.1. The first-order valence-electron chi connectivity index (χ1n) is 14.0. The summed E-state index contributed by atoms with van der Waals surface area (Å²) >= 11 is 0. The van der Waals surface area contributed by atoms with E-state index in [1.165, 1.54) is 43.4 Å². The van der Waals surface area contributed by atoms with Gasteiger partial charge in [0.05, 0.1) is 0 Å². The van der Waals surface area contributed by atoms with E-state index < -0.39 is 6.09 Å². The fourth-order valence-electron chi connectivity index (χ4n) is 4.13. The van der Waals surface area contributed by atoms with Crippen LogP contribution >= 0.6 is 0 Å². The maximum atomic E-state index is 12.2. The van der Waals surface area contributed by atoms with Crippen LogP contribution in [0.15, 0.2) is 54.8 Å². The number of aromatic nitrogens is 1. The second-order valence-electron chi connectivity index (χ2n) is 9.56. The molecule has 1 aromatic carbocycles. The zero-order valence-corrected chi connectivity index (χ0v) is 22.9. The van der Waals surface area contributed by atoms with Gasteiger partial charge >= 0.3 is 12.1 Å². The van der Waals surface area contributed by atoms with Gasteiger partial charge in [-0.25, -0.2) is 4.79 Å². The van der Waals surface area contributed by atoms with E-state index >= 15 is 0 Å². The summed E-state index contributed by atoms with van der Waals surface area (Å²) in [5.74, 6) is -0.320. The van der Waals surface area contributed by atoms with E-state index in [0.29, 0.717) is 19.4 Å². The second kappa shape index (κ2) is 19.1. The number of hydrogen-bond donors (Lipinski definition) is 1. The zero-order valence-electron chi connectivity index (χ0n) is 22.9. The van der Waals surface area contributed by atoms with Crippen molar-refractivity contribution in [3.05, 3.63) is 60.3 Å². The third kappa shape index (κ3) is 13.2. The normalized spacial score (nSPS) is 11.5. The van der Waals surface area contributed by atoms with Crippen molar-refractivity contribution in [2.24, 2.45) is 0 Å². The number of allylic oxidation sites excluding steroid dienone is 4. The molecule has 0 aliphatic carbocycles. The number of benzene rings is 1. The van der Waals surface area contributed by atoms with Crippen LogP contribution in [0, 0.1) is 0 Å². The molecule has 204 valence electrons. The third-order valence-corrected chi connectivity index (χ3v) is 6.44. The first-order valence-corrected chi connectivity index (χ1v) is 14.0. The van der Waals surface area contributed by atoms with Crippen LogP contribution in [0.5, 0.6) is 0 Å². The van der Waals surface area contributed by atoms with Gasteiger partial charge in [0, 0.05) is 37.1 Å². The fourth-order valence-corrected chi connectivity index (χ4v) is 4.13. The highest BCUT2D eigenvalue weighted by molar-refractivity contribution is 5.83. The summed E-state index contributed by atoms with van der Waals surface area (Å²) in [4.78, 5) is 28.8. The molecule has 1 N–H and O–H groups in total. The van der Waals surface area contributed by atoms with E-state index in [1.54, 1.807) is 7.05 Å². The van der Waals surface area contributed by atoms with Crippen molar-refractivity contribution in [3.8, 4) is 0 Å². The van der Waals surface area contributed by atoms with E-state index in [9.17, 15) is 9.59 Å². The fraction of sp³-hybridized carbons (Fsp3) is 0.548. The van der Waals surface area contributed by atoms with Crippen LogP contribution in [0.3, 0.4) is 0 Å². The number of carbonyl (C=O) groups is 2. The van der Waals surface area contributed by atoms with Gasteiger partial charge in [-0.3, -0.25) is 4.79 Å². The number of para-hydroxylation sites is 1. The molecular weight excluding hydrogens is 464 g/mol. The number of esters is 1. The summed E-state index contributed by atoms with van der Waals surface area (Å²) in [5, 5.41) is 1.16. The number of nitrogens with one attached hydrogen (secondary N) is 1. The summed E-state index contributed by atoms with van der Waals surface area (Å²) in [7, 11) is 1.68. The zero-order chi connectivity index (χ0) is 26.6. The van der Waals surface area contributed by atoms with Gasteiger partial charge in [0.15, 0.2) is 0 Å². The van der Waals surface area contributed by atoms with Crippen molar-refractivity contribution < 1.29 is 19.1 Å². The molecule has 37 heavy (non-hydrogen) atoms. The van der Waals surface area contributed by atoms with E-state index in [-0.39, 0.29) is 12.8 Å². The number of fused-ring (bicyclic) bond motifs is 1. The second-order valence-corrected chi connectivity index (χ2v) is 9.56.